The van der Waals surface area contributed by atoms with E-state index in [9.17, 15) is 13.2 Å². The molecule has 0 aliphatic rings. The van der Waals surface area contributed by atoms with E-state index in [2.05, 4.69) is 20.7 Å². The van der Waals surface area contributed by atoms with Gasteiger partial charge in [-0.25, -0.2) is 8.42 Å². The number of carbonyl (C=O) groups excluding carboxylic acids is 1. The number of benzene rings is 3. The number of carbonyl (C=O) groups is 1. The van der Waals surface area contributed by atoms with Crippen molar-refractivity contribution in [2.75, 3.05) is 4.72 Å². The molecular weight excluding hydrogens is 426 g/mol. The van der Waals surface area contributed by atoms with Gasteiger partial charge in [-0.3, -0.25) is 9.52 Å². The third kappa shape index (κ3) is 4.72. The van der Waals surface area contributed by atoms with Crippen molar-refractivity contribution in [3.8, 4) is 0 Å². The van der Waals surface area contributed by atoms with Crippen molar-refractivity contribution >= 4 is 43.5 Å². The van der Waals surface area contributed by atoms with E-state index in [1.165, 1.54) is 18.2 Å². The highest BCUT2D eigenvalue weighted by molar-refractivity contribution is 9.10. The first-order chi connectivity index (χ1) is 13.0. The van der Waals surface area contributed by atoms with Crippen LogP contribution in [0, 0.1) is 0 Å². The Balaban J connectivity index is 1.88. The lowest BCUT2D eigenvalue weighted by molar-refractivity contribution is 0.104. The van der Waals surface area contributed by atoms with E-state index in [1.54, 1.807) is 48.5 Å². The second-order valence-corrected chi connectivity index (χ2v) is 8.22. The summed E-state index contributed by atoms with van der Waals surface area (Å²) in [5.74, 6) is -0.294. The quantitative estimate of drug-likeness (QED) is 0.425. The largest absolute Gasteiger partial charge is 0.289 e. The molecule has 4 nitrogen and oxygen atoms in total. The standard InChI is InChI=1S/C21H16BrNO3S/c22-19-12-6-4-8-16(19)14-15-21(24)18-11-5-7-13-20(18)23-27(25,26)17-9-2-1-3-10-17/h1-15,23H/b15-14+. The molecule has 3 aromatic carbocycles. The second kappa shape index (κ2) is 8.33. The lowest BCUT2D eigenvalue weighted by Crippen LogP contribution is -2.15. The molecule has 1 N–H and O–H groups in total. The molecule has 0 heterocycles. The maximum absolute atomic E-state index is 12.6. The predicted molar refractivity (Wildman–Crippen MR) is 111 cm³/mol. The van der Waals surface area contributed by atoms with Gasteiger partial charge in [-0.15, -0.1) is 0 Å². The summed E-state index contributed by atoms with van der Waals surface area (Å²) < 4.78 is 28.5. The number of ketones is 1. The number of nitrogens with one attached hydrogen (secondary N) is 1. The average molecular weight is 442 g/mol. The Hall–Kier alpha value is -2.70. The van der Waals surface area contributed by atoms with Crippen molar-refractivity contribution in [1.82, 2.24) is 0 Å². The molecule has 0 radical (unpaired) electrons. The van der Waals surface area contributed by atoms with Crippen LogP contribution in [-0.4, -0.2) is 14.2 Å². The number of hydrogen-bond acceptors (Lipinski definition) is 3. The van der Waals surface area contributed by atoms with Gasteiger partial charge in [0.1, 0.15) is 0 Å². The van der Waals surface area contributed by atoms with Crippen LogP contribution < -0.4 is 4.72 Å². The van der Waals surface area contributed by atoms with Gasteiger partial charge in [-0.2, -0.15) is 0 Å². The van der Waals surface area contributed by atoms with Crippen molar-refractivity contribution < 1.29 is 13.2 Å². The lowest BCUT2D eigenvalue weighted by atomic mass is 10.1. The van der Waals surface area contributed by atoms with Crippen molar-refractivity contribution in [2.45, 2.75) is 4.90 Å². The zero-order chi connectivity index (χ0) is 19.3. The molecule has 0 aromatic heterocycles. The number of hydrogen-bond donors (Lipinski definition) is 1. The van der Waals surface area contributed by atoms with Gasteiger partial charge in [-0.1, -0.05) is 64.5 Å². The fourth-order valence-electron chi connectivity index (χ4n) is 2.46. The molecule has 0 unspecified atom stereocenters. The first kappa shape index (κ1) is 19.1. The van der Waals surface area contributed by atoms with Crippen LogP contribution in [0.4, 0.5) is 5.69 Å². The zero-order valence-electron chi connectivity index (χ0n) is 14.2. The minimum absolute atomic E-state index is 0.135. The van der Waals surface area contributed by atoms with E-state index in [1.807, 2.05) is 24.3 Å². The molecule has 0 aliphatic carbocycles. The van der Waals surface area contributed by atoms with Gasteiger partial charge in [0.05, 0.1) is 10.6 Å². The summed E-state index contributed by atoms with van der Waals surface area (Å²) in [5.41, 5.74) is 1.37. The molecule has 0 amide bonds. The number of rotatable bonds is 6. The van der Waals surface area contributed by atoms with Gasteiger partial charge in [0.2, 0.25) is 0 Å². The van der Waals surface area contributed by atoms with E-state index in [0.717, 1.165) is 10.0 Å². The van der Waals surface area contributed by atoms with Crippen LogP contribution in [-0.2, 0) is 10.0 Å². The number of halogens is 1. The van der Waals surface area contributed by atoms with Gasteiger partial charge >= 0.3 is 0 Å². The Morgan fingerprint density at radius 2 is 1.48 bits per heavy atom. The fraction of sp³-hybridized carbons (Fsp3) is 0. The third-order valence-electron chi connectivity index (χ3n) is 3.81. The lowest BCUT2D eigenvalue weighted by Gasteiger charge is -2.11. The Kier molecular flexibility index (Phi) is 5.88. The second-order valence-electron chi connectivity index (χ2n) is 5.68. The van der Waals surface area contributed by atoms with Crippen LogP contribution in [0.1, 0.15) is 15.9 Å². The van der Waals surface area contributed by atoms with E-state index in [4.69, 9.17) is 0 Å². The molecule has 27 heavy (non-hydrogen) atoms. The highest BCUT2D eigenvalue weighted by atomic mass is 79.9. The molecule has 3 aromatic rings. The molecule has 0 saturated heterocycles. The minimum atomic E-state index is -3.78. The smallest absolute Gasteiger partial charge is 0.261 e. The van der Waals surface area contributed by atoms with Crippen molar-refractivity contribution in [1.29, 1.82) is 0 Å². The summed E-state index contributed by atoms with van der Waals surface area (Å²) in [6, 6.07) is 22.1. The Bertz CT molecular complexity index is 1090. The molecule has 0 saturated carbocycles. The summed E-state index contributed by atoms with van der Waals surface area (Å²) in [5, 5.41) is 0. The topological polar surface area (TPSA) is 63.2 Å². The van der Waals surface area contributed by atoms with E-state index >= 15 is 0 Å². The normalized spacial score (nSPS) is 11.4. The van der Waals surface area contributed by atoms with Crippen LogP contribution in [0.2, 0.25) is 0 Å². The van der Waals surface area contributed by atoms with Crippen LogP contribution in [0.15, 0.2) is 94.3 Å². The monoisotopic (exact) mass is 441 g/mol. The minimum Gasteiger partial charge on any atom is -0.289 e. The fourth-order valence-corrected chi connectivity index (χ4v) is 3.97. The van der Waals surface area contributed by atoms with Crippen LogP contribution in [0.5, 0.6) is 0 Å². The summed E-state index contributed by atoms with van der Waals surface area (Å²) >= 11 is 3.43. The molecular formula is C21H16BrNO3S. The SMILES string of the molecule is O=C(/C=C/c1ccccc1Br)c1ccccc1NS(=O)(=O)c1ccccc1. The number of para-hydroxylation sites is 1. The van der Waals surface area contributed by atoms with Crippen LogP contribution >= 0.6 is 15.9 Å². The summed E-state index contributed by atoms with van der Waals surface area (Å²) in [4.78, 5) is 12.8. The van der Waals surface area contributed by atoms with E-state index in [0.29, 0.717) is 0 Å². The summed E-state index contributed by atoms with van der Waals surface area (Å²) in [6.07, 6.45) is 3.12. The highest BCUT2D eigenvalue weighted by Gasteiger charge is 2.17. The van der Waals surface area contributed by atoms with Gasteiger partial charge in [0.25, 0.3) is 10.0 Å². The van der Waals surface area contributed by atoms with E-state index in [-0.39, 0.29) is 21.9 Å². The molecule has 0 atom stereocenters. The van der Waals surface area contributed by atoms with Crippen LogP contribution in [0.25, 0.3) is 6.08 Å². The first-order valence-electron chi connectivity index (χ1n) is 8.11. The maximum Gasteiger partial charge on any atom is 0.261 e. The van der Waals surface area contributed by atoms with E-state index < -0.39 is 10.0 Å². The molecule has 0 bridgehead atoms. The first-order valence-corrected chi connectivity index (χ1v) is 10.4. The van der Waals surface area contributed by atoms with Gasteiger partial charge < -0.3 is 0 Å². The number of allylic oxidation sites excluding steroid dienone is 1. The number of anilines is 1. The van der Waals surface area contributed by atoms with Gasteiger partial charge in [-0.05, 0) is 48.0 Å². The van der Waals surface area contributed by atoms with Crippen molar-refractivity contribution in [3.63, 3.8) is 0 Å². The average Bonchev–Trinajstić information content (AvgIpc) is 2.68. The van der Waals surface area contributed by atoms with Crippen molar-refractivity contribution in [2.24, 2.45) is 0 Å². The maximum atomic E-state index is 12.6. The molecule has 0 spiro atoms. The predicted octanol–water partition coefficient (Wildman–Crippen LogP) is 5.15. The highest BCUT2D eigenvalue weighted by Crippen LogP contribution is 2.22. The molecule has 3 rings (SSSR count). The Morgan fingerprint density at radius 1 is 0.852 bits per heavy atom. The molecule has 136 valence electrons. The Morgan fingerprint density at radius 3 is 2.22 bits per heavy atom. The van der Waals surface area contributed by atoms with Crippen molar-refractivity contribution in [3.05, 3.63) is 101 Å². The van der Waals surface area contributed by atoms with Gasteiger partial charge in [0.15, 0.2) is 5.78 Å². The molecule has 0 fully saturated rings. The third-order valence-corrected chi connectivity index (χ3v) is 5.91. The molecule has 6 heteroatoms. The summed E-state index contributed by atoms with van der Waals surface area (Å²) in [6.45, 7) is 0. The number of sulfonamides is 1. The van der Waals surface area contributed by atoms with Crippen LogP contribution in [0.3, 0.4) is 0 Å². The molecule has 0 aliphatic heterocycles. The van der Waals surface area contributed by atoms with Gasteiger partial charge in [0, 0.05) is 10.0 Å². The summed E-state index contributed by atoms with van der Waals surface area (Å²) in [7, 11) is -3.78. The zero-order valence-corrected chi connectivity index (χ0v) is 16.6. The Labute approximate surface area is 166 Å².